The summed E-state index contributed by atoms with van der Waals surface area (Å²) in [6, 6.07) is 16.3. The largest absolute Gasteiger partial charge is 0.416 e. The van der Waals surface area contributed by atoms with Crippen LogP contribution in [0.1, 0.15) is 157 Å². The fourth-order valence-corrected chi connectivity index (χ4v) is 12.6. The maximum atomic E-state index is 13.6. The number of aryl methyl sites for hydroxylation is 1. The number of rotatable bonds is 9. The van der Waals surface area contributed by atoms with Gasteiger partial charge in [-0.2, -0.15) is 13.2 Å². The lowest BCUT2D eigenvalue weighted by Gasteiger charge is -2.48. The Morgan fingerprint density at radius 1 is 0.835 bits per heavy atom. The summed E-state index contributed by atoms with van der Waals surface area (Å²) in [5, 5.41) is 16.1. The van der Waals surface area contributed by atoms with Crippen LogP contribution in [0.4, 0.5) is 13.2 Å². The lowest BCUT2D eigenvalue weighted by atomic mass is 9.84. The van der Waals surface area contributed by atoms with Crippen molar-refractivity contribution in [2.24, 2.45) is 37.7 Å². The Kier molecular flexibility index (Phi) is 26.2. The molecule has 0 radical (unpaired) electrons. The van der Waals surface area contributed by atoms with E-state index in [9.17, 15) is 13.2 Å². The van der Waals surface area contributed by atoms with Gasteiger partial charge in [0.05, 0.1) is 29.1 Å². The Labute approximate surface area is 480 Å². The van der Waals surface area contributed by atoms with Crippen LogP contribution in [0.25, 0.3) is 0 Å². The van der Waals surface area contributed by atoms with Gasteiger partial charge in [0.15, 0.2) is 0 Å². The van der Waals surface area contributed by atoms with Gasteiger partial charge in [0, 0.05) is 130 Å². The van der Waals surface area contributed by atoms with Gasteiger partial charge in [0.2, 0.25) is 0 Å². The number of fused-ring (bicyclic) bond motifs is 2. The second-order valence-electron chi connectivity index (χ2n) is 24.6. The van der Waals surface area contributed by atoms with E-state index >= 15 is 0 Å². The first-order valence-electron chi connectivity index (χ1n) is 30.4. The number of halogens is 4. The molecule has 3 aliphatic heterocycles. The maximum Gasteiger partial charge on any atom is 0.416 e. The molecule has 79 heavy (non-hydrogen) atoms. The molecule has 4 N–H and O–H groups in total. The third kappa shape index (κ3) is 21.2. The van der Waals surface area contributed by atoms with E-state index in [1.165, 1.54) is 43.4 Å². The number of piperidine rings is 1. The highest BCUT2D eigenvalue weighted by molar-refractivity contribution is 6.41. The molecule has 0 bridgehead atoms. The number of aliphatic imine (C=N–C) groups is 4. The summed E-state index contributed by atoms with van der Waals surface area (Å²) in [5.41, 5.74) is 4.41. The SMILES string of the molecule is CC[C@H](C)N1CCN=CC=NC=CNC(C)=CN=C(CC(C)C)C(C)=NC2(CCCC2)CN2CCCC2CN[C@@H](CCc2ccc(C(F)(F)F)cc2)CNCC(C)N[C@@H](Cc2ccc(Cl)cc2)C(C)CN2C(C)CCC(C)C2C1. The molecule has 15 heteroatoms. The second-order valence-corrected chi connectivity index (χ2v) is 25.0. The van der Waals surface area contributed by atoms with E-state index in [-0.39, 0.29) is 23.7 Å². The van der Waals surface area contributed by atoms with Gasteiger partial charge in [-0.15, -0.1) is 0 Å². The zero-order chi connectivity index (χ0) is 57.0. The van der Waals surface area contributed by atoms with Gasteiger partial charge >= 0.3 is 6.18 Å². The minimum Gasteiger partial charge on any atom is -0.363 e. The highest BCUT2D eigenvalue weighted by atomic mass is 35.5. The van der Waals surface area contributed by atoms with Crippen molar-refractivity contribution >= 4 is 35.5 Å². The average molecular weight is 1120 g/mol. The molecule has 2 aromatic rings. The number of hydrogen-bond acceptors (Lipinski definition) is 11. The van der Waals surface area contributed by atoms with Crippen molar-refractivity contribution in [3.05, 3.63) is 94.5 Å². The minimum absolute atomic E-state index is 0.120. The number of allylic oxidation sites excluding steroid dienone is 1. The zero-order valence-corrected chi connectivity index (χ0v) is 50.7. The van der Waals surface area contributed by atoms with Gasteiger partial charge in [-0.1, -0.05) is 83.3 Å². The van der Waals surface area contributed by atoms with Crippen LogP contribution in [0.5, 0.6) is 0 Å². The van der Waals surface area contributed by atoms with Gasteiger partial charge in [0.1, 0.15) is 0 Å². The number of nitrogens with zero attached hydrogens (tertiary/aromatic N) is 7. The fourth-order valence-electron chi connectivity index (χ4n) is 12.5. The van der Waals surface area contributed by atoms with Crippen molar-refractivity contribution in [2.45, 2.75) is 207 Å². The normalized spacial score (nSPS) is 28.3. The molecule has 1 aliphatic carbocycles. The highest BCUT2D eigenvalue weighted by Gasteiger charge is 2.40. The molecule has 6 rings (SSSR count). The summed E-state index contributed by atoms with van der Waals surface area (Å²) in [6.45, 7) is 30.9. The van der Waals surface area contributed by atoms with Crippen LogP contribution in [0, 0.1) is 17.8 Å². The summed E-state index contributed by atoms with van der Waals surface area (Å²) in [4.78, 5) is 28.2. The molecule has 6 unspecified atom stereocenters. The molecular weight excluding hydrogens is 1020 g/mol. The first kappa shape index (κ1) is 64.4. The van der Waals surface area contributed by atoms with Gasteiger partial charge < -0.3 is 21.3 Å². The fraction of sp³-hybridized carbons (Fsp3) is 0.688. The molecule has 2 saturated heterocycles. The number of nitrogens with one attached hydrogen (secondary N) is 4. The molecule has 3 heterocycles. The van der Waals surface area contributed by atoms with Crippen molar-refractivity contribution < 1.29 is 13.2 Å². The third-order valence-electron chi connectivity index (χ3n) is 17.5. The average Bonchev–Trinajstić information content (AvgIpc) is 4.08. The molecule has 1 spiro atoms. The predicted molar refractivity (Wildman–Crippen MR) is 328 cm³/mol. The van der Waals surface area contributed by atoms with Crippen molar-refractivity contribution in [1.82, 2.24) is 36.0 Å². The summed E-state index contributed by atoms with van der Waals surface area (Å²) in [7, 11) is 0. The predicted octanol–water partition coefficient (Wildman–Crippen LogP) is 12.5. The topological polar surface area (TPSA) is 107 Å². The standard InChI is InChI=1S/C64H101ClF3N11/c1-11-51(8)77-36-34-70-31-30-69-32-33-72-49(6)40-74-61(37-46(2)3)53(10)76-63(28-12-13-29-63)45-78-35-14-15-59(78)42-73-58(27-22-54-18-23-56(24-19-54)64(66,67)68)41-71-39-50(7)75-60(38-55-20-25-57(65)26-21-55)48(5)43-79-52(9)17-16-47(4)62(79)44-77/h18-21,23-26,30-33,40,46-48,50-52,58-60,62,71-73,75H,11-17,22,27-29,34-39,41-45H2,1-10H3/t47?,48?,50?,51-,52?,58-,59?,60-,62?/m0/s1. The molecule has 440 valence electrons. The molecule has 1 saturated carbocycles. The van der Waals surface area contributed by atoms with E-state index in [0.29, 0.717) is 54.9 Å². The molecule has 0 amide bonds. The van der Waals surface area contributed by atoms with Crippen LogP contribution in [0.2, 0.25) is 5.02 Å². The van der Waals surface area contributed by atoms with Crippen LogP contribution in [-0.4, -0.2) is 145 Å². The summed E-state index contributed by atoms with van der Waals surface area (Å²) >= 11 is 6.42. The Balaban J connectivity index is 1.27. The molecule has 4 aliphatic rings. The summed E-state index contributed by atoms with van der Waals surface area (Å²) < 4.78 is 40.7. The minimum atomic E-state index is -4.36. The summed E-state index contributed by atoms with van der Waals surface area (Å²) in [6.07, 6.45) is 18.2. The van der Waals surface area contributed by atoms with Crippen LogP contribution < -0.4 is 21.3 Å². The van der Waals surface area contributed by atoms with Crippen molar-refractivity contribution in [1.29, 1.82) is 0 Å². The van der Waals surface area contributed by atoms with E-state index in [0.717, 1.165) is 131 Å². The van der Waals surface area contributed by atoms with E-state index in [2.05, 4.69) is 115 Å². The van der Waals surface area contributed by atoms with Crippen molar-refractivity contribution in [2.75, 3.05) is 58.9 Å². The Bertz CT molecular complexity index is 2290. The maximum absolute atomic E-state index is 13.6. The molecule has 2 aromatic carbocycles. The van der Waals surface area contributed by atoms with Gasteiger partial charge in [-0.05, 0) is 165 Å². The Morgan fingerprint density at radius 2 is 1.57 bits per heavy atom. The monoisotopic (exact) mass is 1120 g/mol. The van der Waals surface area contributed by atoms with Gasteiger partial charge in [-0.25, -0.2) is 0 Å². The number of hydrogen-bond donors (Lipinski definition) is 4. The van der Waals surface area contributed by atoms with Crippen molar-refractivity contribution in [3.63, 3.8) is 0 Å². The van der Waals surface area contributed by atoms with Gasteiger partial charge in [0.25, 0.3) is 0 Å². The first-order chi connectivity index (χ1) is 37.8. The molecular formula is C64H101ClF3N11. The van der Waals surface area contributed by atoms with E-state index in [1.807, 2.05) is 37.7 Å². The quantitative estimate of drug-likeness (QED) is 0.198. The smallest absolute Gasteiger partial charge is 0.363 e. The lowest BCUT2D eigenvalue weighted by molar-refractivity contribution is -0.137. The second kappa shape index (κ2) is 32.2. The Morgan fingerprint density at radius 3 is 2.28 bits per heavy atom. The van der Waals surface area contributed by atoms with Crippen LogP contribution in [-0.2, 0) is 19.0 Å². The van der Waals surface area contributed by atoms with Crippen LogP contribution >= 0.6 is 11.6 Å². The molecule has 3 fully saturated rings. The van der Waals surface area contributed by atoms with E-state index < -0.39 is 11.7 Å². The van der Waals surface area contributed by atoms with Crippen LogP contribution in [0.3, 0.4) is 0 Å². The molecule has 0 aromatic heterocycles. The Hall–Kier alpha value is -3.76. The number of alkyl halides is 3. The van der Waals surface area contributed by atoms with Crippen LogP contribution in [0.15, 0.2) is 92.8 Å². The van der Waals surface area contributed by atoms with E-state index in [4.69, 9.17) is 26.6 Å². The third-order valence-corrected chi connectivity index (χ3v) is 17.8. The lowest BCUT2D eigenvalue weighted by Crippen LogP contribution is -2.58. The van der Waals surface area contributed by atoms with Crippen molar-refractivity contribution in [3.8, 4) is 0 Å². The van der Waals surface area contributed by atoms with E-state index in [1.54, 1.807) is 24.5 Å². The molecule has 11 nitrogen and oxygen atoms in total. The molecule has 9 atom stereocenters. The summed E-state index contributed by atoms with van der Waals surface area (Å²) in [5.74, 6) is 1.35. The zero-order valence-electron chi connectivity index (χ0n) is 50.0. The highest BCUT2D eigenvalue weighted by Crippen LogP contribution is 2.37. The number of benzene rings is 2. The van der Waals surface area contributed by atoms with Gasteiger partial charge in [-0.3, -0.25) is 34.7 Å². The first-order valence-corrected chi connectivity index (χ1v) is 30.8.